The van der Waals surface area contributed by atoms with Gasteiger partial charge in [-0.1, -0.05) is 0 Å². The van der Waals surface area contributed by atoms with Crippen molar-refractivity contribution in [2.24, 2.45) is 11.5 Å². The largest absolute Gasteiger partial charge is 0.481 e. The molecule has 0 aliphatic heterocycles. The van der Waals surface area contributed by atoms with Gasteiger partial charge in [-0.2, -0.15) is 4.98 Å². The zero-order chi connectivity index (χ0) is 39.5. The van der Waals surface area contributed by atoms with E-state index in [2.05, 4.69) is 30.6 Å². The lowest BCUT2D eigenvalue weighted by atomic mass is 10.1. The second-order valence-electron chi connectivity index (χ2n) is 10.5. The number of benzene rings is 1. The number of nitrogen functional groups attached to an aromatic ring is 1. The molecule has 2 heterocycles. The minimum absolute atomic E-state index is 0.0231. The fourth-order valence-corrected chi connectivity index (χ4v) is 3.56. The average Bonchev–Trinajstić information content (AvgIpc) is 3.07. The van der Waals surface area contributed by atoms with E-state index in [-0.39, 0.29) is 67.7 Å². The number of hydrogen-bond acceptors (Lipinski definition) is 15. The Morgan fingerprint density at radius 2 is 1.23 bits per heavy atom. The van der Waals surface area contributed by atoms with Crippen LogP contribution >= 0.6 is 0 Å². The first-order chi connectivity index (χ1) is 24.3. The first-order valence-corrected chi connectivity index (χ1v) is 14.8. The number of nitrogens with two attached hydrogens (primary N) is 3. The van der Waals surface area contributed by atoms with Crippen LogP contribution in [-0.4, -0.2) is 110 Å². The van der Waals surface area contributed by atoms with Gasteiger partial charge in [-0.25, -0.2) is 14.8 Å². The molecule has 3 aromatic rings. The molecular weight excluding hydrogens is 698 g/mol. The van der Waals surface area contributed by atoms with Gasteiger partial charge >= 0.3 is 35.8 Å². The van der Waals surface area contributed by atoms with Crippen molar-refractivity contribution < 1.29 is 64.2 Å². The summed E-state index contributed by atoms with van der Waals surface area (Å²) in [4.78, 5) is 100. The average molecular weight is 736 g/mol. The smallest absolute Gasteiger partial charge is 0.326 e. The Balaban J connectivity index is 0.000000553. The molecular formula is C29H37N9O14. The Hall–Kier alpha value is -6.75. The van der Waals surface area contributed by atoms with Gasteiger partial charge in [0.05, 0.1) is 18.4 Å². The number of H-pyrrole nitrogens is 1. The van der Waals surface area contributed by atoms with E-state index < -0.39 is 65.4 Å². The molecule has 1 aromatic carbocycles. The van der Waals surface area contributed by atoms with Gasteiger partial charge < -0.3 is 58.5 Å². The van der Waals surface area contributed by atoms with Crippen molar-refractivity contribution >= 4 is 64.5 Å². The third-order valence-corrected chi connectivity index (χ3v) is 6.33. The van der Waals surface area contributed by atoms with Crippen LogP contribution < -0.4 is 33.4 Å². The van der Waals surface area contributed by atoms with Crippen LogP contribution in [0.4, 0.5) is 11.6 Å². The first kappa shape index (κ1) is 43.3. The molecule has 0 saturated carbocycles. The SMILES string of the molecule is NC(CCC(=O)O)C(=O)O.NC(CCC(=O)O)C(=O)O.Nc1nc2ncc(CNc3ccc(C(=O)N[C@@H](CCC(=O)O)C(=O)O)cc3)nc2c(=O)[nH]1. The first-order valence-electron chi connectivity index (χ1n) is 14.8. The summed E-state index contributed by atoms with van der Waals surface area (Å²) in [5.74, 6) is -7.55. The predicted molar refractivity (Wildman–Crippen MR) is 177 cm³/mol. The lowest BCUT2D eigenvalue weighted by Gasteiger charge is -2.14. The van der Waals surface area contributed by atoms with E-state index in [1.807, 2.05) is 0 Å². The van der Waals surface area contributed by atoms with Gasteiger partial charge in [0.1, 0.15) is 18.1 Å². The quantitative estimate of drug-likeness (QED) is 0.0748. The number of aromatic nitrogens is 4. The maximum Gasteiger partial charge on any atom is 0.326 e. The van der Waals surface area contributed by atoms with Crippen molar-refractivity contribution in [1.29, 1.82) is 0 Å². The van der Waals surface area contributed by atoms with E-state index in [4.69, 9.17) is 47.8 Å². The standard InChI is InChI=1S/C19H19N7O6.2C5H9NO4/c20-19-25-15-14(17(30)26-19)23-11(8-22-15)7-21-10-3-1-9(2-4-10)16(29)24-12(18(31)32)5-6-13(27)28;2*6-3(5(9)10)1-2-4(7)8/h1-4,8,12,21H,5-7H2,(H,24,29)(H,27,28)(H,31,32)(H3,20,22,25,26,30);2*3H,1-2,6H2,(H,7,8)(H,9,10)/t12-;;/m0../s1. The molecule has 0 aliphatic rings. The van der Waals surface area contributed by atoms with E-state index in [1.165, 1.54) is 18.3 Å². The van der Waals surface area contributed by atoms with Gasteiger partial charge in [-0.15, -0.1) is 0 Å². The van der Waals surface area contributed by atoms with E-state index in [0.717, 1.165) is 0 Å². The van der Waals surface area contributed by atoms with Gasteiger partial charge in [0.2, 0.25) is 5.95 Å². The molecule has 0 fully saturated rings. The van der Waals surface area contributed by atoms with E-state index >= 15 is 0 Å². The number of nitrogens with zero attached hydrogens (tertiary/aromatic N) is 3. The van der Waals surface area contributed by atoms with E-state index in [0.29, 0.717) is 11.4 Å². The molecule has 3 rings (SSSR count). The number of hydrogen-bond donors (Lipinski definition) is 12. The maximum atomic E-state index is 12.3. The highest BCUT2D eigenvalue weighted by atomic mass is 16.4. The van der Waals surface area contributed by atoms with Gasteiger partial charge in [-0.05, 0) is 43.5 Å². The van der Waals surface area contributed by atoms with Crippen LogP contribution in [0.25, 0.3) is 11.2 Å². The molecule has 0 aliphatic carbocycles. The van der Waals surface area contributed by atoms with Crippen LogP contribution in [0.1, 0.15) is 54.6 Å². The number of anilines is 2. The Bertz CT molecular complexity index is 1770. The van der Waals surface area contributed by atoms with Crippen molar-refractivity contribution in [2.45, 2.75) is 63.2 Å². The topological polar surface area (TPSA) is 415 Å². The fraction of sp³-hybridized carbons (Fsp3) is 0.345. The second-order valence-corrected chi connectivity index (χ2v) is 10.5. The minimum atomic E-state index is -1.31. The third-order valence-electron chi connectivity index (χ3n) is 6.33. The van der Waals surface area contributed by atoms with Crippen molar-refractivity contribution in [3.05, 3.63) is 52.1 Å². The van der Waals surface area contributed by atoms with Gasteiger partial charge in [0.25, 0.3) is 11.5 Å². The molecule has 0 saturated heterocycles. The number of amides is 1. The summed E-state index contributed by atoms with van der Waals surface area (Å²) < 4.78 is 0. The Labute approximate surface area is 291 Å². The van der Waals surface area contributed by atoms with Crippen LogP contribution in [0.2, 0.25) is 0 Å². The van der Waals surface area contributed by atoms with Crippen molar-refractivity contribution in [1.82, 2.24) is 25.3 Å². The zero-order valence-corrected chi connectivity index (χ0v) is 27.1. The lowest BCUT2D eigenvalue weighted by molar-refractivity contribution is -0.142. The number of nitrogens with one attached hydrogen (secondary N) is 3. The maximum absolute atomic E-state index is 12.3. The molecule has 23 heteroatoms. The normalized spacial score (nSPS) is 12.0. The van der Waals surface area contributed by atoms with Crippen molar-refractivity contribution in [2.75, 3.05) is 11.1 Å². The summed E-state index contributed by atoms with van der Waals surface area (Å²) in [6.45, 7) is 0.231. The highest BCUT2D eigenvalue weighted by molar-refractivity contribution is 5.97. The molecule has 15 N–H and O–H groups in total. The Morgan fingerprint density at radius 3 is 1.69 bits per heavy atom. The summed E-state index contributed by atoms with van der Waals surface area (Å²) in [7, 11) is 0. The molecule has 52 heavy (non-hydrogen) atoms. The Morgan fingerprint density at radius 1 is 0.731 bits per heavy atom. The molecule has 1 amide bonds. The number of aliphatic carboxylic acids is 6. The minimum Gasteiger partial charge on any atom is -0.481 e. The fourth-order valence-electron chi connectivity index (χ4n) is 3.56. The van der Waals surface area contributed by atoms with Crippen LogP contribution in [0, 0.1) is 0 Å². The summed E-state index contributed by atoms with van der Waals surface area (Å²) in [6, 6.07) is 2.74. The van der Waals surface area contributed by atoms with Crippen molar-refractivity contribution in [3.63, 3.8) is 0 Å². The second kappa shape index (κ2) is 21.4. The van der Waals surface area contributed by atoms with Crippen LogP contribution in [0.15, 0.2) is 35.3 Å². The van der Waals surface area contributed by atoms with Gasteiger partial charge in [0, 0.05) is 30.5 Å². The summed E-state index contributed by atoms with van der Waals surface area (Å²) in [5, 5.41) is 55.7. The Kier molecular flexibility index (Phi) is 17.8. The number of carbonyl (C=O) groups excluding carboxylic acids is 1. The summed E-state index contributed by atoms with van der Waals surface area (Å²) in [5.41, 5.74) is 16.5. The third kappa shape index (κ3) is 16.6. The van der Waals surface area contributed by atoms with E-state index in [1.54, 1.807) is 12.1 Å². The van der Waals surface area contributed by atoms with Crippen molar-refractivity contribution in [3.8, 4) is 0 Å². The number of carbonyl (C=O) groups is 7. The monoisotopic (exact) mass is 735 g/mol. The number of carboxylic acid groups (broad SMARTS) is 6. The lowest BCUT2D eigenvalue weighted by Crippen LogP contribution is -2.41. The molecule has 282 valence electrons. The number of fused-ring (bicyclic) bond motifs is 1. The van der Waals surface area contributed by atoms with Crippen LogP contribution in [0.3, 0.4) is 0 Å². The van der Waals surface area contributed by atoms with Crippen LogP contribution in [0.5, 0.6) is 0 Å². The molecule has 23 nitrogen and oxygen atoms in total. The zero-order valence-electron chi connectivity index (χ0n) is 27.1. The molecule has 0 bridgehead atoms. The summed E-state index contributed by atoms with van der Waals surface area (Å²) in [6.07, 6.45) is 0.392. The molecule has 0 spiro atoms. The summed E-state index contributed by atoms with van der Waals surface area (Å²) >= 11 is 0. The highest BCUT2D eigenvalue weighted by Gasteiger charge is 2.21. The van der Waals surface area contributed by atoms with Crippen LogP contribution in [-0.2, 0) is 35.3 Å². The molecule has 0 radical (unpaired) electrons. The number of carboxylic acids is 6. The van der Waals surface area contributed by atoms with E-state index in [9.17, 15) is 38.4 Å². The number of aromatic amines is 1. The molecule has 2 aromatic heterocycles. The highest BCUT2D eigenvalue weighted by Crippen LogP contribution is 2.12. The van der Waals surface area contributed by atoms with Gasteiger partial charge in [-0.3, -0.25) is 38.5 Å². The molecule has 2 unspecified atom stereocenters. The molecule has 3 atom stereocenters. The predicted octanol–water partition coefficient (Wildman–Crippen LogP) is -1.52. The number of rotatable bonds is 17. The van der Waals surface area contributed by atoms with Gasteiger partial charge in [0.15, 0.2) is 11.2 Å².